The summed E-state index contributed by atoms with van der Waals surface area (Å²) in [5.74, 6) is 1.20. The zero-order chi connectivity index (χ0) is 18.7. The minimum Gasteiger partial charge on any atom is -0.420 e. The van der Waals surface area contributed by atoms with Crippen LogP contribution in [0.3, 0.4) is 0 Å². The Kier molecular flexibility index (Phi) is 5.20. The van der Waals surface area contributed by atoms with Crippen molar-refractivity contribution in [2.45, 2.75) is 18.8 Å². The number of rotatable bonds is 5. The average molecular weight is 402 g/mol. The highest BCUT2D eigenvalue weighted by atomic mass is 32.2. The summed E-state index contributed by atoms with van der Waals surface area (Å²) in [6, 6.07) is 11.4. The van der Waals surface area contributed by atoms with Crippen LogP contribution >= 0.6 is 11.3 Å². The van der Waals surface area contributed by atoms with Crippen molar-refractivity contribution in [1.82, 2.24) is 14.5 Å². The monoisotopic (exact) mass is 401 g/mol. The summed E-state index contributed by atoms with van der Waals surface area (Å²) in [4.78, 5) is 0. The summed E-state index contributed by atoms with van der Waals surface area (Å²) >= 11 is 1.58. The van der Waals surface area contributed by atoms with E-state index < -0.39 is 10.0 Å². The lowest BCUT2D eigenvalue weighted by atomic mass is 9.98. The van der Waals surface area contributed by atoms with Crippen molar-refractivity contribution in [3.63, 3.8) is 0 Å². The molecule has 1 aliphatic rings. The molecule has 3 heterocycles. The molecule has 1 fully saturated rings. The highest BCUT2D eigenvalue weighted by molar-refractivity contribution is 7.92. The molecule has 6 nitrogen and oxygen atoms in total. The van der Waals surface area contributed by atoms with Crippen molar-refractivity contribution in [2.75, 3.05) is 13.1 Å². The maximum atomic E-state index is 12.6. The molecule has 0 N–H and O–H groups in total. The highest BCUT2D eigenvalue weighted by Crippen LogP contribution is 2.31. The number of thiophene rings is 1. The fraction of sp³-hybridized carbons (Fsp3) is 0.263. The molecule has 3 aromatic rings. The standard InChI is InChI=1S/C19H19N3O3S2/c23-27(24,13-9-15-4-2-1-3-5-15)22-10-6-16(7-11-22)18-20-21-19(25-18)17-8-12-26-14-17/h1-5,8-9,12-14,16H,6-7,10-11H2/b13-9+. The van der Waals surface area contributed by atoms with Gasteiger partial charge in [-0.2, -0.15) is 15.6 Å². The van der Waals surface area contributed by atoms with Crippen LogP contribution in [0.4, 0.5) is 0 Å². The van der Waals surface area contributed by atoms with Gasteiger partial charge in [0.15, 0.2) is 0 Å². The molecule has 1 aromatic carbocycles. The number of sulfonamides is 1. The fourth-order valence-electron chi connectivity index (χ4n) is 3.07. The van der Waals surface area contributed by atoms with Gasteiger partial charge in [0.05, 0.1) is 0 Å². The molecule has 0 radical (unpaired) electrons. The minimum atomic E-state index is -3.43. The van der Waals surface area contributed by atoms with Gasteiger partial charge < -0.3 is 4.42 Å². The van der Waals surface area contributed by atoms with Gasteiger partial charge in [0, 0.05) is 35.4 Å². The first-order chi connectivity index (χ1) is 13.1. The lowest BCUT2D eigenvalue weighted by Crippen LogP contribution is -2.36. The molecule has 27 heavy (non-hydrogen) atoms. The molecule has 0 saturated carbocycles. The predicted octanol–water partition coefficient (Wildman–Crippen LogP) is 3.98. The number of hydrogen-bond acceptors (Lipinski definition) is 6. The molecule has 1 aliphatic heterocycles. The summed E-state index contributed by atoms with van der Waals surface area (Å²) in [6.07, 6.45) is 2.97. The van der Waals surface area contributed by atoms with Crippen molar-refractivity contribution in [3.8, 4) is 11.5 Å². The Balaban J connectivity index is 1.39. The van der Waals surface area contributed by atoms with Crippen molar-refractivity contribution in [1.29, 1.82) is 0 Å². The van der Waals surface area contributed by atoms with Crippen LogP contribution in [0.25, 0.3) is 17.5 Å². The average Bonchev–Trinajstić information content (AvgIpc) is 3.39. The lowest BCUT2D eigenvalue weighted by Gasteiger charge is -2.28. The van der Waals surface area contributed by atoms with E-state index in [1.165, 1.54) is 9.71 Å². The summed E-state index contributed by atoms with van der Waals surface area (Å²) in [7, 11) is -3.43. The van der Waals surface area contributed by atoms with E-state index in [2.05, 4.69) is 10.2 Å². The van der Waals surface area contributed by atoms with E-state index in [1.54, 1.807) is 17.4 Å². The third-order valence-corrected chi connectivity index (χ3v) is 6.85. The van der Waals surface area contributed by atoms with Gasteiger partial charge in [-0.3, -0.25) is 0 Å². The molecule has 0 spiro atoms. The number of piperidine rings is 1. The molecule has 1 saturated heterocycles. The van der Waals surface area contributed by atoms with Gasteiger partial charge in [0.25, 0.3) is 0 Å². The van der Waals surface area contributed by atoms with Crippen molar-refractivity contribution >= 4 is 27.4 Å². The molecular formula is C19H19N3O3S2. The summed E-state index contributed by atoms with van der Waals surface area (Å²) < 4.78 is 32.4. The molecule has 4 rings (SSSR count). The Morgan fingerprint density at radius 2 is 1.89 bits per heavy atom. The first kappa shape index (κ1) is 18.1. The molecule has 0 unspecified atom stereocenters. The minimum absolute atomic E-state index is 0.0921. The molecule has 0 atom stereocenters. The maximum Gasteiger partial charge on any atom is 0.248 e. The van der Waals surface area contributed by atoms with Crippen molar-refractivity contribution in [3.05, 3.63) is 64.0 Å². The van der Waals surface area contributed by atoms with Crippen LogP contribution in [-0.4, -0.2) is 36.0 Å². The first-order valence-electron chi connectivity index (χ1n) is 8.71. The maximum absolute atomic E-state index is 12.6. The van der Waals surface area contributed by atoms with E-state index in [1.807, 2.05) is 47.2 Å². The van der Waals surface area contributed by atoms with Gasteiger partial charge in [-0.25, -0.2) is 8.42 Å². The number of aromatic nitrogens is 2. The number of hydrogen-bond donors (Lipinski definition) is 0. The van der Waals surface area contributed by atoms with Gasteiger partial charge in [0.2, 0.25) is 21.8 Å². The number of benzene rings is 1. The SMILES string of the molecule is O=S(=O)(/C=C/c1ccccc1)N1CCC(c2nnc(-c3ccsc3)o2)CC1. The van der Waals surface area contributed by atoms with Crippen LogP contribution in [0.5, 0.6) is 0 Å². The van der Waals surface area contributed by atoms with Gasteiger partial charge in [-0.1, -0.05) is 30.3 Å². The van der Waals surface area contributed by atoms with E-state index in [4.69, 9.17) is 4.42 Å². The largest absolute Gasteiger partial charge is 0.420 e. The van der Waals surface area contributed by atoms with Crippen LogP contribution in [0.15, 0.2) is 57.0 Å². The summed E-state index contributed by atoms with van der Waals surface area (Å²) in [5.41, 5.74) is 1.78. The third-order valence-electron chi connectivity index (χ3n) is 4.60. The highest BCUT2D eigenvalue weighted by Gasteiger charge is 2.30. The summed E-state index contributed by atoms with van der Waals surface area (Å²) in [5, 5.41) is 13.5. The quantitative estimate of drug-likeness (QED) is 0.646. The zero-order valence-electron chi connectivity index (χ0n) is 14.6. The van der Waals surface area contributed by atoms with Crippen LogP contribution in [0.2, 0.25) is 0 Å². The second kappa shape index (κ2) is 7.75. The molecule has 8 heteroatoms. The predicted molar refractivity (Wildman–Crippen MR) is 106 cm³/mol. The topological polar surface area (TPSA) is 76.3 Å². The zero-order valence-corrected chi connectivity index (χ0v) is 16.2. The molecular weight excluding hydrogens is 382 g/mol. The van der Waals surface area contributed by atoms with Crippen LogP contribution in [0.1, 0.15) is 30.2 Å². The Bertz CT molecular complexity index is 1000. The van der Waals surface area contributed by atoms with Gasteiger partial charge >= 0.3 is 0 Å². The third kappa shape index (κ3) is 4.18. The summed E-state index contributed by atoms with van der Waals surface area (Å²) in [6.45, 7) is 0.893. The van der Waals surface area contributed by atoms with E-state index in [0.29, 0.717) is 37.7 Å². The van der Waals surface area contributed by atoms with Crippen molar-refractivity contribution < 1.29 is 12.8 Å². The lowest BCUT2D eigenvalue weighted by molar-refractivity contribution is 0.293. The Labute approximate surface area is 162 Å². The van der Waals surface area contributed by atoms with Gasteiger partial charge in [-0.05, 0) is 35.9 Å². The Morgan fingerprint density at radius 1 is 1.11 bits per heavy atom. The second-order valence-corrected chi connectivity index (χ2v) is 8.99. The van der Waals surface area contributed by atoms with E-state index in [-0.39, 0.29) is 5.92 Å². The van der Waals surface area contributed by atoms with Crippen LogP contribution in [-0.2, 0) is 10.0 Å². The van der Waals surface area contributed by atoms with Crippen LogP contribution in [0, 0.1) is 0 Å². The smallest absolute Gasteiger partial charge is 0.248 e. The molecule has 140 valence electrons. The van der Waals surface area contributed by atoms with Crippen LogP contribution < -0.4 is 0 Å². The van der Waals surface area contributed by atoms with Crippen molar-refractivity contribution in [2.24, 2.45) is 0 Å². The Hall–Kier alpha value is -2.29. The van der Waals surface area contributed by atoms with Gasteiger partial charge in [0.1, 0.15) is 0 Å². The molecule has 2 aromatic heterocycles. The molecule has 0 amide bonds. The Morgan fingerprint density at radius 3 is 2.59 bits per heavy atom. The normalized spacial score (nSPS) is 16.9. The first-order valence-corrected chi connectivity index (χ1v) is 11.2. The molecule has 0 aliphatic carbocycles. The van der Waals surface area contributed by atoms with E-state index >= 15 is 0 Å². The van der Waals surface area contributed by atoms with Gasteiger partial charge in [-0.15, -0.1) is 10.2 Å². The second-order valence-electron chi connectivity index (χ2n) is 6.39. The fourth-order valence-corrected chi connectivity index (χ4v) is 4.93. The number of nitrogens with zero attached hydrogens (tertiary/aromatic N) is 3. The molecule has 0 bridgehead atoms. The van der Waals surface area contributed by atoms with E-state index in [0.717, 1.165) is 11.1 Å². The van der Waals surface area contributed by atoms with E-state index in [9.17, 15) is 8.42 Å².